The minimum absolute atomic E-state index is 0.0686. The van der Waals surface area contributed by atoms with Gasteiger partial charge in [-0.25, -0.2) is 5.48 Å². The molecular weight excluding hydrogens is 594 g/mol. The van der Waals surface area contributed by atoms with Gasteiger partial charge in [0.1, 0.15) is 0 Å². The summed E-state index contributed by atoms with van der Waals surface area (Å²) in [5.41, 5.74) is 2.26. The summed E-state index contributed by atoms with van der Waals surface area (Å²) in [6.07, 6.45) is 1.23. The highest BCUT2D eigenvalue weighted by Crippen LogP contribution is 2.28. The third-order valence-electron chi connectivity index (χ3n) is 7.31. The van der Waals surface area contributed by atoms with Gasteiger partial charge in [-0.05, 0) is 54.3 Å². The Morgan fingerprint density at radius 3 is 2.00 bits per heavy atom. The van der Waals surface area contributed by atoms with Crippen molar-refractivity contribution in [1.29, 1.82) is 0 Å². The molecule has 14 heteroatoms. The van der Waals surface area contributed by atoms with Crippen LogP contribution in [0.25, 0.3) is 0 Å². The molecule has 1 aliphatic heterocycles. The van der Waals surface area contributed by atoms with Gasteiger partial charge < -0.3 is 9.73 Å². The molecule has 0 bridgehead atoms. The van der Waals surface area contributed by atoms with Crippen molar-refractivity contribution >= 4 is 39.5 Å². The number of carbonyl (C=O) groups excluding carboxylic acids is 5. The summed E-state index contributed by atoms with van der Waals surface area (Å²) in [5.74, 6) is -6.52. The van der Waals surface area contributed by atoms with Crippen LogP contribution in [0.3, 0.4) is 0 Å². The van der Waals surface area contributed by atoms with Gasteiger partial charge in [-0.1, -0.05) is 38.1 Å². The Kier molecular flexibility index (Phi) is 9.77. The first-order valence-corrected chi connectivity index (χ1v) is 15.1. The van der Waals surface area contributed by atoms with E-state index in [0.29, 0.717) is 5.56 Å². The maximum atomic E-state index is 13.9. The number of fused-ring (bicyclic) bond motifs is 1. The van der Waals surface area contributed by atoms with E-state index in [4.69, 9.17) is 4.42 Å². The molecular formula is C30H31N3O10S. The third-order valence-corrected chi connectivity index (χ3v) is 8.18. The third kappa shape index (κ3) is 7.10. The van der Waals surface area contributed by atoms with E-state index in [-0.39, 0.29) is 40.5 Å². The van der Waals surface area contributed by atoms with Gasteiger partial charge in [0.05, 0.1) is 40.2 Å². The van der Waals surface area contributed by atoms with E-state index in [0.717, 1.165) is 17.0 Å². The quantitative estimate of drug-likeness (QED) is 0.0719. The Bertz CT molecular complexity index is 1630. The number of hydrogen-bond donors (Lipinski definition) is 4. The number of hydroxylamine groups is 1. The SMILES string of the molecule is CC(C)C[C@H](C(=O)N[C@@H](Cc1ccc(S(=O)(=O)O)cc1)C(=O)c1ccco1)C(CN1C(=O)c2ccccc2C1=O)C(=O)NO. The van der Waals surface area contributed by atoms with Gasteiger partial charge in [0.2, 0.25) is 17.6 Å². The van der Waals surface area contributed by atoms with E-state index in [2.05, 4.69) is 5.32 Å². The Hall–Kier alpha value is -4.66. The van der Waals surface area contributed by atoms with Crippen LogP contribution in [0.2, 0.25) is 0 Å². The molecule has 44 heavy (non-hydrogen) atoms. The lowest BCUT2D eigenvalue weighted by Crippen LogP contribution is -2.51. The first-order valence-electron chi connectivity index (χ1n) is 13.7. The molecule has 13 nitrogen and oxygen atoms in total. The summed E-state index contributed by atoms with van der Waals surface area (Å²) in [6.45, 7) is 3.06. The molecule has 0 saturated heterocycles. The Balaban J connectivity index is 1.64. The summed E-state index contributed by atoms with van der Waals surface area (Å²) < 4.78 is 37.4. The van der Waals surface area contributed by atoms with Gasteiger partial charge in [0.15, 0.2) is 5.76 Å². The molecule has 1 unspecified atom stereocenters. The number of imide groups is 1. The molecule has 1 aromatic heterocycles. The van der Waals surface area contributed by atoms with Crippen LogP contribution in [-0.4, -0.2) is 65.1 Å². The van der Waals surface area contributed by atoms with Crippen LogP contribution in [0.5, 0.6) is 0 Å². The molecule has 1 aliphatic rings. The van der Waals surface area contributed by atoms with Crippen molar-refractivity contribution in [3.05, 3.63) is 89.4 Å². The lowest BCUT2D eigenvalue weighted by atomic mass is 9.83. The van der Waals surface area contributed by atoms with Crippen LogP contribution < -0.4 is 10.8 Å². The van der Waals surface area contributed by atoms with Gasteiger partial charge in [-0.2, -0.15) is 8.42 Å². The summed E-state index contributed by atoms with van der Waals surface area (Å²) in [7, 11) is -4.46. The summed E-state index contributed by atoms with van der Waals surface area (Å²) in [6, 6.07) is 12.8. The minimum Gasteiger partial charge on any atom is -0.461 e. The van der Waals surface area contributed by atoms with E-state index >= 15 is 0 Å². The summed E-state index contributed by atoms with van der Waals surface area (Å²) in [5, 5.41) is 12.2. The minimum atomic E-state index is -4.46. The van der Waals surface area contributed by atoms with Crippen LogP contribution in [0.1, 0.15) is 57.1 Å². The number of nitrogens with one attached hydrogen (secondary N) is 2. The molecule has 0 saturated carbocycles. The molecule has 2 aromatic carbocycles. The zero-order valence-corrected chi connectivity index (χ0v) is 24.6. The normalized spacial score (nSPS) is 15.1. The zero-order chi connectivity index (χ0) is 32.2. The smallest absolute Gasteiger partial charge is 0.294 e. The van der Waals surface area contributed by atoms with Crippen molar-refractivity contribution in [3.8, 4) is 0 Å². The van der Waals surface area contributed by atoms with E-state index in [9.17, 15) is 42.2 Å². The van der Waals surface area contributed by atoms with Gasteiger partial charge in [-0.15, -0.1) is 0 Å². The standard InChI is InChI=1S/C30H31N3O10S/c1-17(2)14-22(23(28(36)32-39)16-33-29(37)20-6-3-4-7-21(20)30(33)38)27(35)31-24(26(34)25-8-5-13-43-25)15-18-9-11-19(12-10-18)44(40,41)42/h3-13,17,22-24,39H,14-16H2,1-2H3,(H,31,35)(H,32,36)(H,40,41,42)/t22-,23?,24-/m0/s1. The highest BCUT2D eigenvalue weighted by molar-refractivity contribution is 7.85. The number of amides is 4. The van der Waals surface area contributed by atoms with Gasteiger partial charge in [-0.3, -0.25) is 38.6 Å². The highest BCUT2D eigenvalue weighted by atomic mass is 32.2. The fourth-order valence-corrected chi connectivity index (χ4v) is 5.63. The monoisotopic (exact) mass is 625 g/mol. The van der Waals surface area contributed by atoms with E-state index < -0.39 is 64.0 Å². The maximum absolute atomic E-state index is 13.9. The number of nitrogens with zero attached hydrogens (tertiary/aromatic N) is 1. The molecule has 232 valence electrons. The maximum Gasteiger partial charge on any atom is 0.294 e. The van der Waals surface area contributed by atoms with Gasteiger partial charge in [0.25, 0.3) is 21.9 Å². The number of furan rings is 1. The van der Waals surface area contributed by atoms with E-state index in [1.807, 2.05) is 0 Å². The van der Waals surface area contributed by atoms with Crippen molar-refractivity contribution < 1.29 is 46.6 Å². The summed E-state index contributed by atoms with van der Waals surface area (Å²) in [4.78, 5) is 66.9. The molecule has 3 aromatic rings. The van der Waals surface area contributed by atoms with Gasteiger partial charge >= 0.3 is 0 Å². The van der Waals surface area contributed by atoms with Crippen molar-refractivity contribution in [2.45, 2.75) is 37.6 Å². The average Bonchev–Trinajstić information content (AvgIpc) is 3.61. The fourth-order valence-electron chi connectivity index (χ4n) is 5.15. The highest BCUT2D eigenvalue weighted by Gasteiger charge is 2.43. The number of ketones is 1. The Labute approximate surface area is 252 Å². The molecule has 3 atom stereocenters. The van der Waals surface area contributed by atoms with Gasteiger partial charge in [0, 0.05) is 13.0 Å². The predicted octanol–water partition coefficient (Wildman–Crippen LogP) is 2.52. The number of Topliss-reactive ketones (excluding diaryl/α,β-unsaturated/α-hetero) is 1. The lowest BCUT2D eigenvalue weighted by Gasteiger charge is -2.30. The molecule has 2 heterocycles. The average molecular weight is 626 g/mol. The molecule has 4 amide bonds. The summed E-state index contributed by atoms with van der Waals surface area (Å²) >= 11 is 0. The van der Waals surface area contributed by atoms with Crippen LogP contribution in [0, 0.1) is 17.8 Å². The molecule has 0 radical (unpaired) electrons. The van der Waals surface area contributed by atoms with Crippen molar-refractivity contribution in [2.24, 2.45) is 17.8 Å². The molecule has 0 aliphatic carbocycles. The Morgan fingerprint density at radius 2 is 1.50 bits per heavy atom. The Morgan fingerprint density at radius 1 is 0.886 bits per heavy atom. The number of carbonyl (C=O) groups is 5. The molecule has 0 fully saturated rings. The van der Waals surface area contributed by atoms with Crippen molar-refractivity contribution in [1.82, 2.24) is 15.7 Å². The topological polar surface area (TPSA) is 200 Å². The second kappa shape index (κ2) is 13.3. The van der Waals surface area contributed by atoms with E-state index in [1.165, 1.54) is 48.1 Å². The van der Waals surface area contributed by atoms with Crippen LogP contribution in [0.4, 0.5) is 0 Å². The predicted molar refractivity (Wildman–Crippen MR) is 153 cm³/mol. The largest absolute Gasteiger partial charge is 0.461 e. The zero-order valence-electron chi connectivity index (χ0n) is 23.8. The molecule has 4 rings (SSSR count). The number of rotatable bonds is 13. The van der Waals surface area contributed by atoms with Crippen LogP contribution in [0.15, 0.2) is 76.2 Å². The second-order valence-electron chi connectivity index (χ2n) is 10.8. The first-order chi connectivity index (χ1) is 20.8. The number of hydrogen-bond acceptors (Lipinski definition) is 9. The second-order valence-corrected chi connectivity index (χ2v) is 12.2. The molecule has 4 N–H and O–H groups in total. The van der Waals surface area contributed by atoms with Crippen LogP contribution in [-0.2, 0) is 26.1 Å². The number of benzene rings is 2. The fraction of sp³-hybridized carbons (Fsp3) is 0.300. The van der Waals surface area contributed by atoms with Crippen molar-refractivity contribution in [3.63, 3.8) is 0 Å². The van der Waals surface area contributed by atoms with Crippen molar-refractivity contribution in [2.75, 3.05) is 6.54 Å². The molecule has 0 spiro atoms. The first kappa shape index (κ1) is 32.3. The van der Waals surface area contributed by atoms with E-state index in [1.54, 1.807) is 26.0 Å². The lowest BCUT2D eigenvalue weighted by molar-refractivity contribution is -0.141. The van der Waals surface area contributed by atoms with Crippen LogP contribution >= 0.6 is 0 Å².